The molecule has 8 heteroatoms. The fourth-order valence-corrected chi connectivity index (χ4v) is 4.77. The molecule has 0 radical (unpaired) electrons. The molecule has 0 aliphatic carbocycles. The Balaban J connectivity index is 1.53. The van der Waals surface area contributed by atoms with Crippen molar-refractivity contribution in [1.29, 1.82) is 0 Å². The molecule has 0 unspecified atom stereocenters. The van der Waals surface area contributed by atoms with E-state index in [1.807, 2.05) is 54.6 Å². The Morgan fingerprint density at radius 2 is 1.63 bits per heavy atom. The highest BCUT2D eigenvalue weighted by atomic mass is 19.4. The molecule has 1 aromatic heterocycles. The zero-order chi connectivity index (χ0) is 24.6. The first-order valence-corrected chi connectivity index (χ1v) is 11.5. The summed E-state index contributed by atoms with van der Waals surface area (Å²) in [6.45, 7) is 1.65. The van der Waals surface area contributed by atoms with Crippen molar-refractivity contribution in [2.24, 2.45) is 5.92 Å². The van der Waals surface area contributed by atoms with Gasteiger partial charge in [-0.1, -0.05) is 54.6 Å². The van der Waals surface area contributed by atoms with Crippen LogP contribution in [0.3, 0.4) is 0 Å². The second-order valence-electron chi connectivity index (χ2n) is 8.84. The normalized spacial score (nSPS) is 15.0. The molecule has 180 valence electrons. The largest absolute Gasteiger partial charge is 0.481 e. The van der Waals surface area contributed by atoms with Crippen LogP contribution in [0.2, 0.25) is 0 Å². The van der Waals surface area contributed by atoms with Gasteiger partial charge >= 0.3 is 12.1 Å². The number of hydrogen-bond acceptors (Lipinski definition) is 3. The van der Waals surface area contributed by atoms with Crippen LogP contribution in [0.1, 0.15) is 24.0 Å². The van der Waals surface area contributed by atoms with Crippen LogP contribution in [0, 0.1) is 5.92 Å². The molecule has 0 saturated carbocycles. The molecule has 3 aromatic carbocycles. The van der Waals surface area contributed by atoms with Crippen LogP contribution < -0.4 is 4.90 Å². The van der Waals surface area contributed by atoms with Gasteiger partial charge in [-0.25, -0.2) is 0 Å². The Kier molecular flexibility index (Phi) is 5.96. The van der Waals surface area contributed by atoms with Crippen LogP contribution in [0.5, 0.6) is 0 Å². The minimum Gasteiger partial charge on any atom is -0.481 e. The predicted octanol–water partition coefficient (Wildman–Crippen LogP) is 6.07. The Hall–Kier alpha value is -3.81. The van der Waals surface area contributed by atoms with Gasteiger partial charge in [-0.3, -0.25) is 9.48 Å². The number of rotatable bonds is 5. The second kappa shape index (κ2) is 9.09. The summed E-state index contributed by atoms with van der Waals surface area (Å²) in [5, 5.41) is 14.1. The van der Waals surface area contributed by atoms with Gasteiger partial charge in [0.05, 0.1) is 23.7 Å². The van der Waals surface area contributed by atoms with Crippen molar-refractivity contribution >= 4 is 22.6 Å². The molecule has 1 N–H and O–H groups in total. The summed E-state index contributed by atoms with van der Waals surface area (Å²) in [4.78, 5) is 13.4. The molecule has 1 saturated heterocycles. The molecule has 0 bridgehead atoms. The molecule has 1 aliphatic heterocycles. The first kappa shape index (κ1) is 23.0. The topological polar surface area (TPSA) is 58.4 Å². The van der Waals surface area contributed by atoms with E-state index in [9.17, 15) is 23.1 Å². The lowest BCUT2D eigenvalue weighted by atomic mass is 9.96. The van der Waals surface area contributed by atoms with E-state index in [-0.39, 0.29) is 11.4 Å². The number of aliphatic carboxylic acids is 1. The molecule has 1 aliphatic rings. The molecule has 0 atom stereocenters. The number of hydrogen-bond donors (Lipinski definition) is 1. The third kappa shape index (κ3) is 4.60. The molecular formula is C27H24F3N3O2. The van der Waals surface area contributed by atoms with Crippen molar-refractivity contribution in [2.45, 2.75) is 25.6 Å². The summed E-state index contributed by atoms with van der Waals surface area (Å²) < 4.78 is 42.8. The van der Waals surface area contributed by atoms with Gasteiger partial charge in [0, 0.05) is 29.7 Å². The molecular weight excluding hydrogens is 455 g/mol. The SMILES string of the molecule is O=C(O)C1CCN(c2ccc(-c3c4cccc(C(F)(F)F)c4nn3Cc3ccccc3)cc2)CC1. The van der Waals surface area contributed by atoms with Gasteiger partial charge in [-0.05, 0) is 36.6 Å². The lowest BCUT2D eigenvalue weighted by Gasteiger charge is -2.32. The number of piperidine rings is 1. The van der Waals surface area contributed by atoms with Crippen LogP contribution in [0.25, 0.3) is 22.2 Å². The Labute approximate surface area is 200 Å². The summed E-state index contributed by atoms with van der Waals surface area (Å²) in [5.74, 6) is -1.07. The fourth-order valence-electron chi connectivity index (χ4n) is 4.77. The van der Waals surface area contributed by atoms with E-state index in [1.165, 1.54) is 6.07 Å². The van der Waals surface area contributed by atoms with Crippen LogP contribution in [-0.4, -0.2) is 33.9 Å². The van der Waals surface area contributed by atoms with E-state index >= 15 is 0 Å². The number of nitrogens with zero attached hydrogens (tertiary/aromatic N) is 3. The Bertz CT molecular complexity index is 1340. The van der Waals surface area contributed by atoms with Crippen molar-refractivity contribution < 1.29 is 23.1 Å². The summed E-state index contributed by atoms with van der Waals surface area (Å²) in [6.07, 6.45) is -3.33. The van der Waals surface area contributed by atoms with Crippen molar-refractivity contribution in [2.75, 3.05) is 18.0 Å². The predicted molar refractivity (Wildman–Crippen MR) is 128 cm³/mol. The Morgan fingerprint density at radius 1 is 0.943 bits per heavy atom. The summed E-state index contributed by atoms with van der Waals surface area (Å²) >= 11 is 0. The zero-order valence-corrected chi connectivity index (χ0v) is 18.9. The van der Waals surface area contributed by atoms with Gasteiger partial charge in [0.25, 0.3) is 0 Å². The lowest BCUT2D eigenvalue weighted by Crippen LogP contribution is -2.36. The third-order valence-electron chi connectivity index (χ3n) is 6.60. The molecule has 35 heavy (non-hydrogen) atoms. The summed E-state index contributed by atoms with van der Waals surface area (Å²) in [7, 11) is 0. The average molecular weight is 480 g/mol. The molecule has 5 nitrogen and oxygen atoms in total. The smallest absolute Gasteiger partial charge is 0.418 e. The van der Waals surface area contributed by atoms with Gasteiger partial charge in [0.1, 0.15) is 5.52 Å². The minimum absolute atomic E-state index is 0.0641. The van der Waals surface area contributed by atoms with Gasteiger partial charge in [0.15, 0.2) is 0 Å². The highest BCUT2D eigenvalue weighted by Gasteiger charge is 2.34. The molecule has 4 aromatic rings. The van der Waals surface area contributed by atoms with E-state index in [4.69, 9.17) is 0 Å². The van der Waals surface area contributed by atoms with Crippen LogP contribution in [0.4, 0.5) is 18.9 Å². The van der Waals surface area contributed by atoms with E-state index < -0.39 is 17.7 Å². The van der Waals surface area contributed by atoms with Gasteiger partial charge in [-0.2, -0.15) is 18.3 Å². The monoisotopic (exact) mass is 479 g/mol. The highest BCUT2D eigenvalue weighted by Crippen LogP contribution is 2.38. The third-order valence-corrected chi connectivity index (χ3v) is 6.60. The average Bonchev–Trinajstić information content (AvgIpc) is 3.22. The van der Waals surface area contributed by atoms with Crippen LogP contribution in [-0.2, 0) is 17.5 Å². The van der Waals surface area contributed by atoms with Crippen LogP contribution >= 0.6 is 0 Å². The number of alkyl halides is 3. The first-order chi connectivity index (χ1) is 16.8. The van der Waals surface area contributed by atoms with E-state index in [1.54, 1.807) is 10.7 Å². The summed E-state index contributed by atoms with van der Waals surface area (Å²) in [6, 6.07) is 21.4. The van der Waals surface area contributed by atoms with Crippen molar-refractivity contribution in [1.82, 2.24) is 9.78 Å². The van der Waals surface area contributed by atoms with E-state index in [0.29, 0.717) is 43.6 Å². The zero-order valence-electron chi connectivity index (χ0n) is 18.9. The van der Waals surface area contributed by atoms with E-state index in [2.05, 4.69) is 10.00 Å². The maximum atomic E-state index is 13.7. The number of anilines is 1. The Morgan fingerprint density at radius 3 is 2.26 bits per heavy atom. The van der Waals surface area contributed by atoms with Gasteiger partial charge < -0.3 is 10.0 Å². The van der Waals surface area contributed by atoms with Gasteiger partial charge in [-0.15, -0.1) is 0 Å². The number of fused-ring (bicyclic) bond motifs is 1. The quantitative estimate of drug-likeness (QED) is 0.377. The van der Waals surface area contributed by atoms with E-state index in [0.717, 1.165) is 22.9 Å². The molecule has 5 rings (SSSR count). The highest BCUT2D eigenvalue weighted by molar-refractivity contribution is 5.95. The second-order valence-corrected chi connectivity index (χ2v) is 8.84. The maximum Gasteiger partial charge on any atom is 0.418 e. The number of carboxylic acids is 1. The number of aromatic nitrogens is 2. The maximum absolute atomic E-state index is 13.7. The molecule has 2 heterocycles. The fraction of sp³-hybridized carbons (Fsp3) is 0.259. The number of carbonyl (C=O) groups is 1. The molecule has 1 fully saturated rings. The van der Waals surface area contributed by atoms with Crippen LogP contribution in [0.15, 0.2) is 72.8 Å². The standard InChI is InChI=1S/C27H24F3N3O2/c28-27(29,30)23-8-4-7-22-24(23)31-33(17-18-5-2-1-3-6-18)25(22)19-9-11-21(12-10-19)32-15-13-20(14-16-32)26(34)35/h1-12,20H,13-17H2,(H,34,35). The number of halogens is 3. The molecule has 0 spiro atoms. The van der Waals surface area contributed by atoms with Crippen molar-refractivity contribution in [3.8, 4) is 11.3 Å². The van der Waals surface area contributed by atoms with Crippen molar-refractivity contribution in [3.05, 3.63) is 83.9 Å². The number of carboxylic acid groups (broad SMARTS) is 1. The minimum atomic E-state index is -4.51. The molecule has 0 amide bonds. The first-order valence-electron chi connectivity index (χ1n) is 11.5. The number of benzene rings is 3. The van der Waals surface area contributed by atoms with Crippen molar-refractivity contribution in [3.63, 3.8) is 0 Å². The van der Waals surface area contributed by atoms with Gasteiger partial charge in [0.2, 0.25) is 0 Å². The summed E-state index contributed by atoms with van der Waals surface area (Å²) in [5.41, 5.74) is 2.49. The lowest BCUT2D eigenvalue weighted by molar-refractivity contribution is -0.142.